The van der Waals surface area contributed by atoms with Crippen LogP contribution in [0.5, 0.6) is 0 Å². The first kappa shape index (κ1) is 18.1. The van der Waals surface area contributed by atoms with Gasteiger partial charge >= 0.3 is 0 Å². The Labute approximate surface area is 176 Å². The second-order valence-corrected chi connectivity index (χ2v) is 7.22. The minimum absolute atomic E-state index is 0.677. The van der Waals surface area contributed by atoms with E-state index >= 15 is 0 Å². The molecule has 0 radical (unpaired) electrons. The highest BCUT2D eigenvalue weighted by Crippen LogP contribution is 2.27. The van der Waals surface area contributed by atoms with Crippen LogP contribution in [-0.4, -0.2) is 14.8 Å². The van der Waals surface area contributed by atoms with Gasteiger partial charge in [-0.05, 0) is 22.8 Å². The zero-order valence-corrected chi connectivity index (χ0v) is 16.5. The molecule has 0 unspecified atom stereocenters. The highest BCUT2D eigenvalue weighted by Gasteiger charge is 2.14. The van der Waals surface area contributed by atoms with Crippen molar-refractivity contribution in [2.45, 2.75) is 6.54 Å². The van der Waals surface area contributed by atoms with E-state index < -0.39 is 0 Å². The second kappa shape index (κ2) is 8.18. The zero-order chi connectivity index (χ0) is 20.2. The molecule has 0 spiro atoms. The molecule has 5 rings (SSSR count). The maximum Gasteiger partial charge on any atom is 0.181 e. The summed E-state index contributed by atoms with van der Waals surface area (Å²) in [5, 5.41) is 4.89. The van der Waals surface area contributed by atoms with E-state index in [1.54, 1.807) is 0 Å². The molecular formula is C27H21N3. The summed E-state index contributed by atoms with van der Waals surface area (Å²) >= 11 is 0. The summed E-state index contributed by atoms with van der Waals surface area (Å²) in [7, 11) is 0. The van der Waals surface area contributed by atoms with E-state index in [1.807, 2.05) is 35.0 Å². The van der Waals surface area contributed by atoms with Crippen molar-refractivity contribution in [2.24, 2.45) is 0 Å². The lowest BCUT2D eigenvalue weighted by Gasteiger charge is -2.06. The summed E-state index contributed by atoms with van der Waals surface area (Å²) in [6, 6.07) is 39.4. The predicted molar refractivity (Wildman–Crippen MR) is 122 cm³/mol. The molecule has 30 heavy (non-hydrogen) atoms. The molecule has 5 aromatic rings. The van der Waals surface area contributed by atoms with Crippen molar-refractivity contribution < 1.29 is 0 Å². The van der Waals surface area contributed by atoms with Crippen molar-refractivity contribution in [2.75, 3.05) is 0 Å². The van der Waals surface area contributed by atoms with Crippen LogP contribution in [0.3, 0.4) is 0 Å². The normalized spacial score (nSPS) is 10.8. The first-order chi connectivity index (χ1) is 14.9. The molecule has 0 bridgehead atoms. The third-order valence-corrected chi connectivity index (χ3v) is 5.11. The third-order valence-electron chi connectivity index (χ3n) is 5.11. The molecule has 144 valence electrons. The third kappa shape index (κ3) is 3.78. The highest BCUT2D eigenvalue weighted by molar-refractivity contribution is 5.71. The van der Waals surface area contributed by atoms with Gasteiger partial charge in [-0.1, -0.05) is 109 Å². The Morgan fingerprint density at radius 3 is 1.80 bits per heavy atom. The number of nitrogens with zero attached hydrogens (tertiary/aromatic N) is 3. The predicted octanol–water partition coefficient (Wildman–Crippen LogP) is 6.33. The monoisotopic (exact) mass is 387 g/mol. The number of rotatable bonds is 5. The van der Waals surface area contributed by atoms with Gasteiger partial charge in [0.25, 0.3) is 0 Å². The molecule has 0 amide bonds. The topological polar surface area (TPSA) is 30.7 Å². The van der Waals surface area contributed by atoms with Gasteiger partial charge in [0.15, 0.2) is 11.6 Å². The van der Waals surface area contributed by atoms with Gasteiger partial charge < -0.3 is 0 Å². The lowest BCUT2D eigenvalue weighted by atomic mass is 10.0. The van der Waals surface area contributed by atoms with Crippen LogP contribution in [0.25, 0.3) is 33.9 Å². The van der Waals surface area contributed by atoms with Gasteiger partial charge in [0.1, 0.15) is 0 Å². The van der Waals surface area contributed by atoms with Gasteiger partial charge in [0.2, 0.25) is 0 Å². The summed E-state index contributed by atoms with van der Waals surface area (Å²) in [6.07, 6.45) is 0. The molecule has 0 fully saturated rings. The average Bonchev–Trinajstić information content (AvgIpc) is 3.25. The van der Waals surface area contributed by atoms with Crippen molar-refractivity contribution in [3.8, 4) is 33.9 Å². The van der Waals surface area contributed by atoms with Crippen molar-refractivity contribution in [3.63, 3.8) is 0 Å². The van der Waals surface area contributed by atoms with Crippen LogP contribution >= 0.6 is 0 Å². The zero-order valence-electron chi connectivity index (χ0n) is 16.5. The fourth-order valence-corrected chi connectivity index (χ4v) is 3.60. The van der Waals surface area contributed by atoms with Gasteiger partial charge in [-0.25, -0.2) is 9.67 Å². The van der Waals surface area contributed by atoms with Crippen LogP contribution in [0.1, 0.15) is 5.56 Å². The standard InChI is InChI=1S/C27H21N3/c1-4-11-21(12-5-1)20-30-27(23-15-8-3-9-16-23)28-26(29-30)25-18-10-17-24(19-25)22-13-6-2-7-14-22/h1-19H,20H2. The molecule has 0 atom stereocenters. The highest BCUT2D eigenvalue weighted by atomic mass is 15.3. The van der Waals surface area contributed by atoms with E-state index in [4.69, 9.17) is 10.1 Å². The van der Waals surface area contributed by atoms with Crippen LogP contribution in [0.4, 0.5) is 0 Å². The minimum atomic E-state index is 0.677. The lowest BCUT2D eigenvalue weighted by Crippen LogP contribution is -2.04. The smallest absolute Gasteiger partial charge is 0.181 e. The Balaban J connectivity index is 1.58. The van der Waals surface area contributed by atoms with Crippen LogP contribution in [0.2, 0.25) is 0 Å². The molecular weight excluding hydrogens is 366 g/mol. The fraction of sp³-hybridized carbons (Fsp3) is 0.0370. The van der Waals surface area contributed by atoms with Crippen LogP contribution in [-0.2, 0) is 6.54 Å². The van der Waals surface area contributed by atoms with Gasteiger partial charge in [-0.15, -0.1) is 0 Å². The van der Waals surface area contributed by atoms with Crippen molar-refractivity contribution in [3.05, 3.63) is 121 Å². The summed E-state index contributed by atoms with van der Waals surface area (Å²) in [5.41, 5.74) is 5.62. The number of hydrogen-bond donors (Lipinski definition) is 0. The molecule has 0 saturated heterocycles. The van der Waals surface area contributed by atoms with Gasteiger partial charge in [-0.3, -0.25) is 0 Å². The van der Waals surface area contributed by atoms with E-state index in [1.165, 1.54) is 11.1 Å². The molecule has 1 aromatic heterocycles. The van der Waals surface area contributed by atoms with Gasteiger partial charge in [0, 0.05) is 11.1 Å². The first-order valence-electron chi connectivity index (χ1n) is 10.1. The molecule has 1 heterocycles. The Morgan fingerprint density at radius 2 is 1.10 bits per heavy atom. The van der Waals surface area contributed by atoms with E-state index in [2.05, 4.69) is 84.9 Å². The Morgan fingerprint density at radius 1 is 0.533 bits per heavy atom. The molecule has 0 aliphatic carbocycles. The lowest BCUT2D eigenvalue weighted by molar-refractivity contribution is 0.695. The molecule has 0 aliphatic heterocycles. The van der Waals surface area contributed by atoms with Crippen molar-refractivity contribution >= 4 is 0 Å². The molecule has 0 saturated carbocycles. The number of benzene rings is 4. The Kier molecular flexibility index (Phi) is 4.93. The molecule has 3 heteroatoms. The minimum Gasteiger partial charge on any atom is -0.241 e. The summed E-state index contributed by atoms with van der Waals surface area (Å²) in [6.45, 7) is 0.677. The quantitative estimate of drug-likeness (QED) is 0.353. The van der Waals surface area contributed by atoms with Crippen molar-refractivity contribution in [1.82, 2.24) is 14.8 Å². The van der Waals surface area contributed by atoms with Crippen LogP contribution in [0.15, 0.2) is 115 Å². The van der Waals surface area contributed by atoms with Gasteiger partial charge in [-0.2, -0.15) is 5.10 Å². The molecule has 0 N–H and O–H groups in total. The van der Waals surface area contributed by atoms with Crippen molar-refractivity contribution in [1.29, 1.82) is 0 Å². The summed E-state index contributed by atoms with van der Waals surface area (Å²) in [4.78, 5) is 4.93. The summed E-state index contributed by atoms with van der Waals surface area (Å²) in [5.74, 6) is 1.61. The Hall–Kier alpha value is -3.98. The maximum absolute atomic E-state index is 4.93. The largest absolute Gasteiger partial charge is 0.241 e. The number of hydrogen-bond acceptors (Lipinski definition) is 2. The molecule has 0 aliphatic rings. The first-order valence-corrected chi connectivity index (χ1v) is 10.1. The maximum atomic E-state index is 4.93. The van der Waals surface area contributed by atoms with E-state index in [0.717, 1.165) is 28.3 Å². The molecule has 4 aromatic carbocycles. The number of aromatic nitrogens is 3. The average molecular weight is 387 g/mol. The van der Waals surface area contributed by atoms with E-state index in [0.29, 0.717) is 6.54 Å². The van der Waals surface area contributed by atoms with E-state index in [9.17, 15) is 0 Å². The van der Waals surface area contributed by atoms with E-state index in [-0.39, 0.29) is 0 Å². The SMILES string of the molecule is c1ccc(Cn2nc(-c3cccc(-c4ccccc4)c3)nc2-c2ccccc2)cc1. The van der Waals surface area contributed by atoms with Crippen LogP contribution < -0.4 is 0 Å². The molecule has 3 nitrogen and oxygen atoms in total. The second-order valence-electron chi connectivity index (χ2n) is 7.22. The van der Waals surface area contributed by atoms with Crippen LogP contribution in [0, 0.1) is 0 Å². The summed E-state index contributed by atoms with van der Waals surface area (Å²) < 4.78 is 2.00. The van der Waals surface area contributed by atoms with Gasteiger partial charge in [0.05, 0.1) is 6.54 Å². The Bertz CT molecular complexity index is 1240. The fourth-order valence-electron chi connectivity index (χ4n) is 3.60.